The number of nitrogens with one attached hydrogen (secondary N) is 1. The van der Waals surface area contributed by atoms with Gasteiger partial charge in [0.2, 0.25) is 0 Å². The second-order valence-corrected chi connectivity index (χ2v) is 5.60. The summed E-state index contributed by atoms with van der Waals surface area (Å²) in [7, 11) is 2.08. The quantitative estimate of drug-likeness (QED) is 0.830. The van der Waals surface area contributed by atoms with Crippen molar-refractivity contribution < 1.29 is 0 Å². The number of rotatable bonds is 2. The van der Waals surface area contributed by atoms with Crippen LogP contribution in [0.2, 0.25) is 0 Å². The number of thiophene rings is 1. The molecule has 1 nitrogen and oxygen atoms in total. The molecule has 1 N–H and O–H groups in total. The fourth-order valence-electron chi connectivity index (χ4n) is 2.86. The molecule has 84 valence electrons. The molecule has 1 heterocycles. The van der Waals surface area contributed by atoms with E-state index in [1.165, 1.54) is 29.3 Å². The molecule has 2 unspecified atom stereocenters. The number of hydrogen-bond acceptors (Lipinski definition) is 2. The van der Waals surface area contributed by atoms with Crippen LogP contribution < -0.4 is 5.32 Å². The third kappa shape index (κ3) is 1.66. The minimum Gasteiger partial charge on any atom is -0.317 e. The van der Waals surface area contributed by atoms with E-state index in [1.54, 1.807) is 5.56 Å². The summed E-state index contributed by atoms with van der Waals surface area (Å²) in [5.41, 5.74) is 1.57. The average Bonchev–Trinajstić information content (AvgIpc) is 2.97. The standard InChI is InChI=1S/C14H17NS/c1-15-12-6-5-11(9-12)13-4-2-3-10-7-8-16-14(10)13/h2-4,7-8,11-12,15H,5-6,9H2,1H3. The van der Waals surface area contributed by atoms with Crippen LogP contribution in [0.1, 0.15) is 30.7 Å². The zero-order valence-electron chi connectivity index (χ0n) is 9.57. The zero-order valence-corrected chi connectivity index (χ0v) is 10.4. The van der Waals surface area contributed by atoms with Crippen molar-refractivity contribution in [2.24, 2.45) is 0 Å². The molecule has 1 aromatic carbocycles. The predicted molar refractivity (Wildman–Crippen MR) is 71.3 cm³/mol. The normalized spacial score (nSPS) is 25.3. The number of benzene rings is 1. The van der Waals surface area contributed by atoms with Crippen molar-refractivity contribution in [3.63, 3.8) is 0 Å². The van der Waals surface area contributed by atoms with Gasteiger partial charge in [0.05, 0.1) is 0 Å². The molecule has 2 aromatic rings. The summed E-state index contributed by atoms with van der Waals surface area (Å²) in [5.74, 6) is 0.764. The first-order valence-electron chi connectivity index (χ1n) is 6.02. The van der Waals surface area contributed by atoms with Crippen molar-refractivity contribution in [3.8, 4) is 0 Å². The van der Waals surface area contributed by atoms with Crippen molar-refractivity contribution in [2.45, 2.75) is 31.2 Å². The maximum absolute atomic E-state index is 3.41. The Hall–Kier alpha value is -0.860. The largest absolute Gasteiger partial charge is 0.317 e. The molecule has 3 rings (SSSR count). The molecule has 0 radical (unpaired) electrons. The highest BCUT2D eigenvalue weighted by molar-refractivity contribution is 7.17. The van der Waals surface area contributed by atoms with Crippen LogP contribution >= 0.6 is 11.3 Å². The summed E-state index contributed by atoms with van der Waals surface area (Å²) in [4.78, 5) is 0. The third-order valence-electron chi connectivity index (χ3n) is 3.79. The van der Waals surface area contributed by atoms with E-state index in [0.29, 0.717) is 0 Å². The fraction of sp³-hybridized carbons (Fsp3) is 0.429. The molecule has 16 heavy (non-hydrogen) atoms. The van der Waals surface area contributed by atoms with E-state index in [-0.39, 0.29) is 0 Å². The van der Waals surface area contributed by atoms with Crippen molar-refractivity contribution >= 4 is 21.4 Å². The molecule has 1 fully saturated rings. The lowest BCUT2D eigenvalue weighted by atomic mass is 9.96. The van der Waals surface area contributed by atoms with Crippen molar-refractivity contribution in [1.82, 2.24) is 5.32 Å². The molecule has 1 aliphatic rings. The van der Waals surface area contributed by atoms with Gasteiger partial charge in [-0.05, 0) is 54.6 Å². The molecule has 0 aliphatic heterocycles. The van der Waals surface area contributed by atoms with Crippen LogP contribution in [0.3, 0.4) is 0 Å². The van der Waals surface area contributed by atoms with Gasteiger partial charge in [-0.15, -0.1) is 11.3 Å². The summed E-state index contributed by atoms with van der Waals surface area (Å²) in [5, 5.41) is 7.03. The summed E-state index contributed by atoms with van der Waals surface area (Å²) >= 11 is 1.89. The van der Waals surface area contributed by atoms with Crippen LogP contribution in [-0.2, 0) is 0 Å². The Morgan fingerprint density at radius 2 is 2.19 bits per heavy atom. The number of fused-ring (bicyclic) bond motifs is 1. The Bertz CT molecular complexity index is 488. The molecular formula is C14H17NS. The van der Waals surface area contributed by atoms with E-state index >= 15 is 0 Å². The van der Waals surface area contributed by atoms with Crippen molar-refractivity contribution in [2.75, 3.05) is 7.05 Å². The van der Waals surface area contributed by atoms with Crippen LogP contribution in [0.5, 0.6) is 0 Å². The van der Waals surface area contributed by atoms with Crippen LogP contribution in [0.15, 0.2) is 29.6 Å². The molecule has 2 heteroatoms. The monoisotopic (exact) mass is 231 g/mol. The van der Waals surface area contributed by atoms with Crippen LogP contribution in [0, 0.1) is 0 Å². The van der Waals surface area contributed by atoms with Crippen LogP contribution in [0.25, 0.3) is 10.1 Å². The Kier molecular flexibility index (Phi) is 2.70. The Morgan fingerprint density at radius 1 is 1.25 bits per heavy atom. The van der Waals surface area contributed by atoms with Gasteiger partial charge in [0.15, 0.2) is 0 Å². The van der Waals surface area contributed by atoms with Crippen LogP contribution in [0.4, 0.5) is 0 Å². The van der Waals surface area contributed by atoms with Crippen molar-refractivity contribution in [3.05, 3.63) is 35.2 Å². The molecule has 1 aliphatic carbocycles. The molecule has 0 saturated heterocycles. The Morgan fingerprint density at radius 3 is 3.00 bits per heavy atom. The second-order valence-electron chi connectivity index (χ2n) is 4.68. The zero-order chi connectivity index (χ0) is 11.0. The molecular weight excluding hydrogens is 214 g/mol. The highest BCUT2D eigenvalue weighted by Gasteiger charge is 2.25. The van der Waals surface area contributed by atoms with E-state index in [0.717, 1.165) is 12.0 Å². The predicted octanol–water partition coefficient (Wildman–Crippen LogP) is 3.76. The van der Waals surface area contributed by atoms with E-state index < -0.39 is 0 Å². The molecule has 1 aromatic heterocycles. The second kappa shape index (κ2) is 4.19. The first kappa shape index (κ1) is 10.3. The smallest absolute Gasteiger partial charge is 0.0377 e. The summed E-state index contributed by atoms with van der Waals surface area (Å²) in [6, 6.07) is 9.70. The molecule has 0 amide bonds. The lowest BCUT2D eigenvalue weighted by Gasteiger charge is -2.12. The number of hydrogen-bond donors (Lipinski definition) is 1. The van der Waals surface area contributed by atoms with Gasteiger partial charge in [-0.25, -0.2) is 0 Å². The van der Waals surface area contributed by atoms with Crippen molar-refractivity contribution in [1.29, 1.82) is 0 Å². The summed E-state index contributed by atoms with van der Waals surface area (Å²) in [6.07, 6.45) is 3.96. The molecule has 0 spiro atoms. The topological polar surface area (TPSA) is 12.0 Å². The van der Waals surface area contributed by atoms with Gasteiger partial charge in [0, 0.05) is 10.7 Å². The Balaban J connectivity index is 1.97. The van der Waals surface area contributed by atoms with Gasteiger partial charge in [-0.3, -0.25) is 0 Å². The highest BCUT2D eigenvalue weighted by atomic mass is 32.1. The maximum atomic E-state index is 3.41. The van der Waals surface area contributed by atoms with Gasteiger partial charge in [0.25, 0.3) is 0 Å². The fourth-order valence-corrected chi connectivity index (χ4v) is 3.86. The van der Waals surface area contributed by atoms with E-state index in [9.17, 15) is 0 Å². The first-order valence-corrected chi connectivity index (χ1v) is 6.90. The SMILES string of the molecule is CNC1CCC(c2cccc3ccsc23)C1. The van der Waals surface area contributed by atoms with Gasteiger partial charge in [-0.1, -0.05) is 18.2 Å². The van der Waals surface area contributed by atoms with E-state index in [4.69, 9.17) is 0 Å². The van der Waals surface area contributed by atoms with Gasteiger partial charge in [0.1, 0.15) is 0 Å². The van der Waals surface area contributed by atoms with Gasteiger partial charge >= 0.3 is 0 Å². The average molecular weight is 231 g/mol. The van der Waals surface area contributed by atoms with Crippen LogP contribution in [-0.4, -0.2) is 13.1 Å². The van der Waals surface area contributed by atoms with E-state index in [2.05, 4.69) is 42.0 Å². The minimum atomic E-state index is 0.722. The summed E-state index contributed by atoms with van der Waals surface area (Å²) in [6.45, 7) is 0. The molecule has 1 saturated carbocycles. The minimum absolute atomic E-state index is 0.722. The summed E-state index contributed by atoms with van der Waals surface area (Å²) < 4.78 is 1.50. The highest BCUT2D eigenvalue weighted by Crippen LogP contribution is 2.39. The third-order valence-corrected chi connectivity index (χ3v) is 4.77. The van der Waals surface area contributed by atoms with E-state index in [1.807, 2.05) is 11.3 Å². The maximum Gasteiger partial charge on any atom is 0.0377 e. The lowest BCUT2D eigenvalue weighted by Crippen LogP contribution is -2.21. The van der Waals surface area contributed by atoms with Gasteiger partial charge in [-0.2, -0.15) is 0 Å². The Labute approximate surface area is 100 Å². The molecule has 2 atom stereocenters. The lowest BCUT2D eigenvalue weighted by molar-refractivity contribution is 0.572. The van der Waals surface area contributed by atoms with Gasteiger partial charge < -0.3 is 5.32 Å². The first-order chi connectivity index (χ1) is 7.88. The molecule has 0 bridgehead atoms.